The van der Waals surface area contributed by atoms with Crippen molar-refractivity contribution in [1.29, 1.82) is 0 Å². The lowest BCUT2D eigenvalue weighted by molar-refractivity contribution is 0.105. The number of fused-ring (bicyclic) bond motifs is 2. The predicted molar refractivity (Wildman–Crippen MR) is 216 cm³/mol. The topological polar surface area (TPSA) is 141 Å². The third-order valence-electron chi connectivity index (χ3n) is 11.6. The molecule has 0 saturated carbocycles. The summed E-state index contributed by atoms with van der Waals surface area (Å²) in [5.41, 5.74) is 0.824. The molecule has 0 spiro atoms. The number of aromatic nitrogens is 4. The molecule has 2 N–H and O–H groups in total. The summed E-state index contributed by atoms with van der Waals surface area (Å²) in [6, 6.07) is 18.0. The number of piperazine rings is 2. The molecular formula is C39H52N12O5. The van der Waals surface area contributed by atoms with Gasteiger partial charge in [-0.3, -0.25) is 37.7 Å². The number of rotatable bonds is 8. The quantitative estimate of drug-likeness (QED) is 0.247. The molecule has 2 fully saturated rings. The molecule has 2 aromatic heterocycles. The van der Waals surface area contributed by atoms with Gasteiger partial charge >= 0.3 is 11.4 Å². The van der Waals surface area contributed by atoms with Crippen molar-refractivity contribution in [3.05, 3.63) is 107 Å². The van der Waals surface area contributed by atoms with Gasteiger partial charge < -0.3 is 25.2 Å². The molecule has 4 aliphatic heterocycles. The van der Waals surface area contributed by atoms with Gasteiger partial charge in [-0.2, -0.15) is 0 Å². The van der Waals surface area contributed by atoms with Crippen LogP contribution in [0.3, 0.4) is 0 Å². The van der Waals surface area contributed by atoms with Crippen LogP contribution in [-0.2, 0) is 41.3 Å². The Morgan fingerprint density at radius 2 is 1.09 bits per heavy atom. The van der Waals surface area contributed by atoms with Gasteiger partial charge in [0.2, 0.25) is 0 Å². The van der Waals surface area contributed by atoms with Crippen LogP contribution in [0.5, 0.6) is 5.75 Å². The third kappa shape index (κ3) is 6.09. The largest absolute Gasteiger partial charge is 0.497 e. The van der Waals surface area contributed by atoms with Gasteiger partial charge in [0.15, 0.2) is 24.2 Å². The fraction of sp³-hybridized carbons (Fsp3) is 0.487. The van der Waals surface area contributed by atoms with E-state index in [2.05, 4.69) is 44.1 Å². The number of benzene rings is 2. The van der Waals surface area contributed by atoms with Crippen LogP contribution in [-0.4, -0.2) is 99.1 Å². The van der Waals surface area contributed by atoms with E-state index in [1.807, 2.05) is 64.6 Å². The summed E-state index contributed by atoms with van der Waals surface area (Å²) in [7, 11) is 8.02. The number of nitrogens with one attached hydrogen (secondary N) is 2. The minimum atomic E-state index is -0.642. The van der Waals surface area contributed by atoms with Gasteiger partial charge in [-0.15, -0.1) is 0 Å². The molecule has 0 aliphatic carbocycles. The highest BCUT2D eigenvalue weighted by molar-refractivity contribution is 5.82. The van der Waals surface area contributed by atoms with Gasteiger partial charge in [-0.25, -0.2) is 19.6 Å². The van der Waals surface area contributed by atoms with Crippen molar-refractivity contribution in [2.75, 3.05) is 66.2 Å². The van der Waals surface area contributed by atoms with Crippen molar-refractivity contribution in [3.63, 3.8) is 0 Å². The second-order valence-electron chi connectivity index (χ2n) is 15.4. The molecule has 4 unspecified atom stereocenters. The third-order valence-corrected chi connectivity index (χ3v) is 11.6. The van der Waals surface area contributed by atoms with Crippen LogP contribution in [0.2, 0.25) is 0 Å². The Labute approximate surface area is 325 Å². The standard InChI is InChI=1S/C39H52N12O5/c1-25-21-47(22-26(2)41-25)37-49(23-27-11-9-8-10-12-27)31-33(43(4)39(55)45(6)35(31)53)51(37)50-32-30(34(52)44(5)38(54)42(32)3)48(36(50)46-19-17-40-18-20-46)24-28-13-15-29(56-7)16-14-28/h8-16,25-26,36-37,40-41H,17-24H2,1-7H3. The maximum Gasteiger partial charge on any atom is 0.332 e. The van der Waals surface area contributed by atoms with Crippen molar-refractivity contribution >= 4 is 23.0 Å². The van der Waals surface area contributed by atoms with E-state index in [4.69, 9.17) is 4.74 Å². The Morgan fingerprint density at radius 1 is 0.625 bits per heavy atom. The van der Waals surface area contributed by atoms with Gasteiger partial charge in [-0.1, -0.05) is 42.5 Å². The molecule has 0 bridgehead atoms. The average molecular weight is 769 g/mol. The van der Waals surface area contributed by atoms with E-state index in [0.717, 1.165) is 20.3 Å². The summed E-state index contributed by atoms with van der Waals surface area (Å²) < 4.78 is 10.8. The number of hydrogen-bond acceptors (Lipinski definition) is 13. The SMILES string of the molecule is COc1ccc(CN2c3c(n(C)c(=O)n(C)c3=O)N(N3c4c(c(=O)n(C)c(=O)n4C)N(Cc4ccccc4)C3N3CC(C)NC(C)C3)C2N2CCNCC2)cc1. The van der Waals surface area contributed by atoms with Crippen LogP contribution in [0, 0.1) is 0 Å². The summed E-state index contributed by atoms with van der Waals surface area (Å²) in [5.74, 6) is 1.49. The normalized spacial score (nSPS) is 22.8. The lowest BCUT2D eigenvalue weighted by Gasteiger charge is -2.51. The average Bonchev–Trinajstić information content (AvgIpc) is 3.71. The molecule has 298 valence electrons. The highest BCUT2D eigenvalue weighted by Gasteiger charge is 2.55. The van der Waals surface area contributed by atoms with Crippen LogP contribution in [0.4, 0.5) is 23.0 Å². The van der Waals surface area contributed by atoms with E-state index >= 15 is 0 Å². The Morgan fingerprint density at radius 3 is 1.57 bits per heavy atom. The first-order valence-corrected chi connectivity index (χ1v) is 19.2. The number of methoxy groups -OCH3 is 1. The van der Waals surface area contributed by atoms with Gasteiger partial charge in [0, 0.05) is 92.6 Å². The van der Waals surface area contributed by atoms with Crippen LogP contribution in [0.15, 0.2) is 73.8 Å². The van der Waals surface area contributed by atoms with E-state index < -0.39 is 35.1 Å². The zero-order valence-electron chi connectivity index (χ0n) is 33.2. The van der Waals surface area contributed by atoms with Crippen molar-refractivity contribution in [2.45, 2.75) is 51.6 Å². The molecule has 0 radical (unpaired) electrons. The molecule has 17 heteroatoms. The van der Waals surface area contributed by atoms with Crippen molar-refractivity contribution in [3.8, 4) is 5.75 Å². The van der Waals surface area contributed by atoms with Gasteiger partial charge in [0.05, 0.1) is 7.11 Å². The van der Waals surface area contributed by atoms with E-state index in [9.17, 15) is 19.2 Å². The van der Waals surface area contributed by atoms with E-state index in [1.54, 1.807) is 21.2 Å². The van der Waals surface area contributed by atoms with Crippen molar-refractivity contribution < 1.29 is 4.74 Å². The Hall–Kier alpha value is -5.36. The monoisotopic (exact) mass is 768 g/mol. The molecule has 4 aliphatic rings. The molecule has 56 heavy (non-hydrogen) atoms. The molecule has 17 nitrogen and oxygen atoms in total. The number of ether oxygens (including phenoxy) is 1. The number of nitrogens with zero attached hydrogens (tertiary/aromatic N) is 10. The van der Waals surface area contributed by atoms with Crippen LogP contribution in [0.1, 0.15) is 25.0 Å². The molecule has 0 amide bonds. The first-order chi connectivity index (χ1) is 26.9. The zero-order valence-corrected chi connectivity index (χ0v) is 33.2. The number of hydrogen-bond donors (Lipinski definition) is 2. The minimum Gasteiger partial charge on any atom is -0.497 e. The Kier molecular flexibility index (Phi) is 9.80. The molecule has 4 atom stereocenters. The molecule has 2 aromatic carbocycles. The fourth-order valence-corrected chi connectivity index (χ4v) is 9.00. The van der Waals surface area contributed by atoms with E-state index in [1.165, 1.54) is 23.2 Å². The highest BCUT2D eigenvalue weighted by atomic mass is 16.5. The maximum atomic E-state index is 14.6. The first-order valence-electron chi connectivity index (χ1n) is 19.2. The predicted octanol–water partition coefficient (Wildman–Crippen LogP) is -0.0870. The maximum absolute atomic E-state index is 14.6. The number of hydrazine groups is 1. The second kappa shape index (κ2) is 14.6. The van der Waals surface area contributed by atoms with Crippen LogP contribution >= 0.6 is 0 Å². The molecular weight excluding hydrogens is 717 g/mol. The molecule has 4 aromatic rings. The second-order valence-corrected chi connectivity index (χ2v) is 15.4. The van der Waals surface area contributed by atoms with E-state index in [0.29, 0.717) is 81.1 Å². The summed E-state index contributed by atoms with van der Waals surface area (Å²) in [6.07, 6.45) is -1.28. The van der Waals surface area contributed by atoms with Gasteiger partial charge in [0.1, 0.15) is 17.1 Å². The van der Waals surface area contributed by atoms with E-state index in [-0.39, 0.29) is 12.1 Å². The first kappa shape index (κ1) is 37.6. The zero-order chi connectivity index (χ0) is 39.6. The van der Waals surface area contributed by atoms with Crippen LogP contribution < -0.4 is 57.7 Å². The summed E-state index contributed by atoms with van der Waals surface area (Å²) in [6.45, 7) is 8.92. The molecule has 6 heterocycles. The Balaban J connectivity index is 1.44. The summed E-state index contributed by atoms with van der Waals surface area (Å²) in [5, 5.41) is 11.2. The molecule has 2 saturated heterocycles. The highest BCUT2D eigenvalue weighted by Crippen LogP contribution is 2.47. The Bertz CT molecular complexity index is 2340. The van der Waals surface area contributed by atoms with Crippen molar-refractivity contribution in [1.82, 2.24) is 38.7 Å². The lowest BCUT2D eigenvalue weighted by atomic mass is 10.1. The number of anilines is 4. The smallest absolute Gasteiger partial charge is 0.332 e. The summed E-state index contributed by atoms with van der Waals surface area (Å²) in [4.78, 5) is 66.2. The fourth-order valence-electron chi connectivity index (χ4n) is 9.00. The van der Waals surface area contributed by atoms with Gasteiger partial charge in [-0.05, 0) is 37.1 Å². The van der Waals surface area contributed by atoms with Gasteiger partial charge in [0.25, 0.3) is 11.1 Å². The lowest BCUT2D eigenvalue weighted by Crippen LogP contribution is -2.71. The van der Waals surface area contributed by atoms with Crippen LogP contribution in [0.25, 0.3) is 0 Å². The molecule has 8 rings (SSSR count). The summed E-state index contributed by atoms with van der Waals surface area (Å²) >= 11 is 0. The van der Waals surface area contributed by atoms with Crippen molar-refractivity contribution in [2.24, 2.45) is 28.2 Å². The minimum absolute atomic E-state index is 0.104.